The van der Waals surface area contributed by atoms with Gasteiger partial charge >= 0.3 is 5.97 Å². The van der Waals surface area contributed by atoms with Crippen molar-refractivity contribution in [3.63, 3.8) is 0 Å². The highest BCUT2D eigenvalue weighted by Crippen LogP contribution is 2.36. The summed E-state index contributed by atoms with van der Waals surface area (Å²) in [6, 6.07) is 12.3. The lowest BCUT2D eigenvalue weighted by atomic mass is 10.1. The van der Waals surface area contributed by atoms with E-state index in [0.29, 0.717) is 0 Å². The molecule has 0 saturated carbocycles. The summed E-state index contributed by atoms with van der Waals surface area (Å²) in [5.41, 5.74) is 3.30. The molecule has 0 spiro atoms. The van der Waals surface area contributed by atoms with Gasteiger partial charge in [0.25, 0.3) is 0 Å². The van der Waals surface area contributed by atoms with E-state index < -0.39 is 0 Å². The standard InChI is InChI=1S/C17H15NO2S/c1-18-14-7-4-3-6-12(14)13(9-10-16(19)20-2)17(18)15-8-5-11-21-15/h3-11H,1-2H3/b10-9+. The van der Waals surface area contributed by atoms with Crippen molar-refractivity contribution < 1.29 is 9.53 Å². The normalized spacial score (nSPS) is 11.3. The zero-order valence-corrected chi connectivity index (χ0v) is 12.7. The third-order valence-electron chi connectivity index (χ3n) is 3.49. The number of esters is 1. The first kappa shape index (κ1) is 13.6. The number of aryl methyl sites for hydroxylation is 1. The highest BCUT2D eigenvalue weighted by Gasteiger charge is 2.15. The van der Waals surface area contributed by atoms with E-state index in [4.69, 9.17) is 4.74 Å². The summed E-state index contributed by atoms with van der Waals surface area (Å²) in [7, 11) is 3.43. The van der Waals surface area contributed by atoms with Crippen molar-refractivity contribution in [1.29, 1.82) is 0 Å². The molecule has 106 valence electrons. The van der Waals surface area contributed by atoms with Gasteiger partial charge in [-0.25, -0.2) is 4.79 Å². The summed E-state index contributed by atoms with van der Waals surface area (Å²) in [6.45, 7) is 0. The van der Waals surface area contributed by atoms with Gasteiger partial charge in [0.2, 0.25) is 0 Å². The Morgan fingerprint density at radius 2 is 2.05 bits per heavy atom. The first-order valence-electron chi connectivity index (χ1n) is 6.59. The quantitative estimate of drug-likeness (QED) is 0.538. The highest BCUT2D eigenvalue weighted by molar-refractivity contribution is 7.13. The van der Waals surface area contributed by atoms with Gasteiger partial charge in [-0.3, -0.25) is 0 Å². The smallest absolute Gasteiger partial charge is 0.330 e. The van der Waals surface area contributed by atoms with Crippen molar-refractivity contribution >= 4 is 34.3 Å². The maximum Gasteiger partial charge on any atom is 0.330 e. The molecule has 0 aliphatic heterocycles. The number of carbonyl (C=O) groups excluding carboxylic acids is 1. The molecule has 2 heterocycles. The number of thiophene rings is 1. The second kappa shape index (κ2) is 5.58. The van der Waals surface area contributed by atoms with Crippen LogP contribution in [0.1, 0.15) is 5.56 Å². The van der Waals surface area contributed by atoms with Gasteiger partial charge in [0.05, 0.1) is 17.7 Å². The Morgan fingerprint density at radius 1 is 1.24 bits per heavy atom. The first-order valence-corrected chi connectivity index (χ1v) is 7.47. The summed E-state index contributed by atoms with van der Waals surface area (Å²) in [5, 5.41) is 3.18. The van der Waals surface area contributed by atoms with Crippen LogP contribution in [0.5, 0.6) is 0 Å². The zero-order chi connectivity index (χ0) is 14.8. The molecule has 3 nitrogen and oxygen atoms in total. The number of ether oxygens (including phenoxy) is 1. The van der Waals surface area contributed by atoms with Gasteiger partial charge in [-0.1, -0.05) is 24.3 Å². The van der Waals surface area contributed by atoms with Crippen molar-refractivity contribution in [1.82, 2.24) is 4.57 Å². The van der Waals surface area contributed by atoms with Crippen LogP contribution in [0.3, 0.4) is 0 Å². The summed E-state index contributed by atoms with van der Waals surface area (Å²) in [6.07, 6.45) is 3.31. The van der Waals surface area contributed by atoms with Crippen LogP contribution in [0, 0.1) is 0 Å². The van der Waals surface area contributed by atoms with E-state index in [1.54, 1.807) is 11.3 Å². The van der Waals surface area contributed by atoms with E-state index in [9.17, 15) is 4.79 Å². The van der Waals surface area contributed by atoms with Crippen molar-refractivity contribution in [3.05, 3.63) is 53.4 Å². The van der Waals surface area contributed by atoms with E-state index in [-0.39, 0.29) is 5.97 Å². The van der Waals surface area contributed by atoms with E-state index in [1.807, 2.05) is 31.3 Å². The molecule has 2 aromatic heterocycles. The van der Waals surface area contributed by atoms with Crippen molar-refractivity contribution in [2.24, 2.45) is 7.05 Å². The average molecular weight is 297 g/mol. The van der Waals surface area contributed by atoms with Gasteiger partial charge in [-0.2, -0.15) is 0 Å². The van der Waals surface area contributed by atoms with E-state index in [1.165, 1.54) is 18.1 Å². The number of nitrogens with zero attached hydrogens (tertiary/aromatic N) is 1. The Hall–Kier alpha value is -2.33. The fourth-order valence-electron chi connectivity index (χ4n) is 2.52. The van der Waals surface area contributed by atoms with Crippen LogP contribution >= 0.6 is 11.3 Å². The molecule has 3 rings (SSSR count). The van der Waals surface area contributed by atoms with E-state index in [2.05, 4.69) is 28.1 Å². The fraction of sp³-hybridized carbons (Fsp3) is 0.118. The SMILES string of the molecule is COC(=O)/C=C/c1c(-c2cccs2)n(C)c2ccccc12. The molecule has 0 bridgehead atoms. The first-order chi connectivity index (χ1) is 10.2. The van der Waals surface area contributed by atoms with Crippen LogP contribution in [0.4, 0.5) is 0 Å². The second-order valence-electron chi connectivity index (χ2n) is 4.67. The number of carbonyl (C=O) groups is 1. The molecule has 0 saturated heterocycles. The van der Waals surface area contributed by atoms with E-state index >= 15 is 0 Å². The number of fused-ring (bicyclic) bond motifs is 1. The number of hydrogen-bond acceptors (Lipinski definition) is 3. The van der Waals surface area contributed by atoms with Crippen molar-refractivity contribution in [2.75, 3.05) is 7.11 Å². The summed E-state index contributed by atoms with van der Waals surface area (Å²) in [5.74, 6) is -0.347. The third-order valence-corrected chi connectivity index (χ3v) is 4.36. The van der Waals surface area contributed by atoms with Gasteiger partial charge in [-0.15, -0.1) is 11.3 Å². The fourth-order valence-corrected chi connectivity index (χ4v) is 3.34. The Bertz CT molecular complexity index is 813. The molecular formula is C17H15NO2S. The number of aromatic nitrogens is 1. The molecule has 0 atom stereocenters. The van der Waals surface area contributed by atoms with Crippen LogP contribution < -0.4 is 0 Å². The lowest BCUT2D eigenvalue weighted by Crippen LogP contribution is -1.94. The number of rotatable bonds is 3. The molecule has 0 aliphatic rings. The maximum absolute atomic E-state index is 11.4. The van der Waals surface area contributed by atoms with Crippen LogP contribution in [0.25, 0.3) is 27.6 Å². The largest absolute Gasteiger partial charge is 0.466 e. The molecule has 1 aromatic carbocycles. The van der Waals surface area contributed by atoms with Gasteiger partial charge in [-0.05, 0) is 23.6 Å². The highest BCUT2D eigenvalue weighted by atomic mass is 32.1. The topological polar surface area (TPSA) is 31.2 Å². The van der Waals surface area contributed by atoms with Crippen LogP contribution in [-0.4, -0.2) is 17.6 Å². The minimum Gasteiger partial charge on any atom is -0.466 e. The number of methoxy groups -OCH3 is 1. The van der Waals surface area contributed by atoms with Crippen LogP contribution in [0.2, 0.25) is 0 Å². The predicted molar refractivity (Wildman–Crippen MR) is 87.3 cm³/mol. The lowest BCUT2D eigenvalue weighted by molar-refractivity contribution is -0.134. The minimum absolute atomic E-state index is 0.347. The molecule has 3 aromatic rings. The number of para-hydroxylation sites is 1. The lowest BCUT2D eigenvalue weighted by Gasteiger charge is -2.03. The molecule has 0 amide bonds. The number of benzene rings is 1. The second-order valence-corrected chi connectivity index (χ2v) is 5.62. The van der Waals surface area contributed by atoms with Gasteiger partial charge < -0.3 is 9.30 Å². The molecule has 0 aliphatic carbocycles. The molecule has 21 heavy (non-hydrogen) atoms. The molecule has 0 unspecified atom stereocenters. The third kappa shape index (κ3) is 2.38. The van der Waals surface area contributed by atoms with Gasteiger partial charge in [0.1, 0.15) is 0 Å². The van der Waals surface area contributed by atoms with Gasteiger partial charge in [0, 0.05) is 29.6 Å². The summed E-state index contributed by atoms with van der Waals surface area (Å²) >= 11 is 1.69. The Labute approximate surface area is 127 Å². The molecule has 0 N–H and O–H groups in total. The number of hydrogen-bond donors (Lipinski definition) is 0. The summed E-state index contributed by atoms with van der Waals surface area (Å²) in [4.78, 5) is 12.6. The Balaban J connectivity index is 2.27. The Kier molecular flexibility index (Phi) is 3.62. The molecule has 0 radical (unpaired) electrons. The molecule has 4 heteroatoms. The Morgan fingerprint density at radius 3 is 2.76 bits per heavy atom. The average Bonchev–Trinajstić information content (AvgIpc) is 3.12. The monoisotopic (exact) mass is 297 g/mol. The van der Waals surface area contributed by atoms with Crippen molar-refractivity contribution in [3.8, 4) is 10.6 Å². The minimum atomic E-state index is -0.347. The van der Waals surface area contributed by atoms with Crippen LogP contribution in [0.15, 0.2) is 47.9 Å². The molecular weight excluding hydrogens is 282 g/mol. The molecule has 0 fully saturated rings. The van der Waals surface area contributed by atoms with E-state index in [0.717, 1.165) is 22.2 Å². The van der Waals surface area contributed by atoms with Crippen LogP contribution in [-0.2, 0) is 16.6 Å². The zero-order valence-electron chi connectivity index (χ0n) is 11.9. The van der Waals surface area contributed by atoms with Crippen molar-refractivity contribution in [2.45, 2.75) is 0 Å². The summed E-state index contributed by atoms with van der Waals surface area (Å²) < 4.78 is 6.86. The predicted octanol–water partition coefficient (Wildman–Crippen LogP) is 4.09. The maximum atomic E-state index is 11.4. The van der Waals surface area contributed by atoms with Gasteiger partial charge in [0.15, 0.2) is 0 Å².